The maximum atomic E-state index is 14.2. The van der Waals surface area contributed by atoms with Crippen molar-refractivity contribution in [3.8, 4) is 0 Å². The van der Waals surface area contributed by atoms with Crippen LogP contribution < -0.4 is 20.3 Å². The minimum Gasteiger partial charge on any atom is -0.380 e. The molecule has 1 amide bonds. The van der Waals surface area contributed by atoms with Gasteiger partial charge in [-0.05, 0) is 143 Å². The van der Waals surface area contributed by atoms with Gasteiger partial charge in [-0.1, -0.05) is 43.2 Å². The van der Waals surface area contributed by atoms with Crippen molar-refractivity contribution in [2.24, 2.45) is 16.2 Å². The Bertz CT molecular complexity index is 2530. The van der Waals surface area contributed by atoms with Gasteiger partial charge in [-0.3, -0.25) is 9.69 Å². The standard InChI is InChI=1S/C49H63F5N6O5S3/c1-46(2)19-15-35(41(28-46)47-31-48(32-47,33-47)45(50)51)29-59-23-25-60(26-24-59)38-11-9-34(10-12-38)44(61)57-68(64,65)40-13-14-42(43(27-40)67(62,63)49(52,53)54)56-37(30-66-39-7-5-4-6-8-39)18-22-58-20-16-36(55-3)17-21-58/h4-14,27,36-37,45,55-56H,15-26,28-33H2,1-3H3,(H,57,61). The van der Waals surface area contributed by atoms with Crippen LogP contribution in [0.1, 0.15) is 82.0 Å². The van der Waals surface area contributed by atoms with Crippen molar-refractivity contribution < 1.29 is 43.6 Å². The quantitative estimate of drug-likeness (QED) is 0.0643. The van der Waals surface area contributed by atoms with E-state index >= 15 is 0 Å². The zero-order valence-electron chi connectivity index (χ0n) is 38.9. The number of likely N-dealkylation sites (tertiary alicyclic amines) is 1. The molecule has 3 saturated carbocycles. The molecule has 2 heterocycles. The lowest BCUT2D eigenvalue weighted by Gasteiger charge is -2.72. The van der Waals surface area contributed by atoms with Crippen molar-refractivity contribution >= 4 is 48.9 Å². The first kappa shape index (κ1) is 50.6. The van der Waals surface area contributed by atoms with Crippen LogP contribution in [0.2, 0.25) is 0 Å². The second kappa shape index (κ2) is 19.8. The molecule has 11 nitrogen and oxygen atoms in total. The van der Waals surface area contributed by atoms with Crippen molar-refractivity contribution in [1.29, 1.82) is 0 Å². The molecule has 6 aliphatic rings. The highest BCUT2D eigenvalue weighted by Crippen LogP contribution is 2.79. The van der Waals surface area contributed by atoms with Gasteiger partial charge in [0.05, 0.1) is 10.6 Å². The number of amides is 1. The number of sulfonamides is 1. The molecule has 0 spiro atoms. The van der Waals surface area contributed by atoms with Crippen molar-refractivity contribution in [1.82, 2.24) is 19.8 Å². The average molecular weight is 1010 g/mol. The molecule has 3 aromatic carbocycles. The van der Waals surface area contributed by atoms with Crippen LogP contribution in [-0.2, 0) is 19.9 Å². The predicted molar refractivity (Wildman–Crippen MR) is 257 cm³/mol. The molecule has 2 saturated heterocycles. The van der Waals surface area contributed by atoms with Crippen molar-refractivity contribution in [3.05, 3.63) is 89.5 Å². The molecule has 5 fully saturated rings. The smallest absolute Gasteiger partial charge is 0.380 e. The predicted octanol–water partition coefficient (Wildman–Crippen LogP) is 8.81. The lowest BCUT2D eigenvalue weighted by Crippen LogP contribution is -2.66. The van der Waals surface area contributed by atoms with Gasteiger partial charge in [0.25, 0.3) is 25.8 Å². The molecule has 1 unspecified atom stereocenters. The Morgan fingerprint density at radius 3 is 2.15 bits per heavy atom. The van der Waals surface area contributed by atoms with E-state index in [0.29, 0.717) is 63.2 Å². The van der Waals surface area contributed by atoms with Gasteiger partial charge in [0.1, 0.15) is 4.90 Å². The summed E-state index contributed by atoms with van der Waals surface area (Å²) in [6.45, 7) is 10.6. The molecule has 68 heavy (non-hydrogen) atoms. The number of benzene rings is 3. The highest BCUT2D eigenvalue weighted by Gasteiger charge is 2.73. The van der Waals surface area contributed by atoms with Crippen LogP contribution in [0.3, 0.4) is 0 Å². The lowest BCUT2D eigenvalue weighted by molar-refractivity contribution is -0.250. The molecule has 2 aliphatic heterocycles. The van der Waals surface area contributed by atoms with Gasteiger partial charge in [-0.15, -0.1) is 11.8 Å². The summed E-state index contributed by atoms with van der Waals surface area (Å²) in [6, 6.07) is 18.1. The van der Waals surface area contributed by atoms with E-state index in [1.165, 1.54) is 35.0 Å². The Morgan fingerprint density at radius 2 is 1.53 bits per heavy atom. The largest absolute Gasteiger partial charge is 0.501 e. The Labute approximate surface area is 402 Å². The molecular formula is C49H63F5N6O5S3. The fourth-order valence-electron chi connectivity index (χ4n) is 11.0. The van der Waals surface area contributed by atoms with Gasteiger partial charge in [0.2, 0.25) is 6.43 Å². The first-order chi connectivity index (χ1) is 32.1. The molecule has 4 aliphatic carbocycles. The summed E-state index contributed by atoms with van der Waals surface area (Å²) < 4.78 is 126. The summed E-state index contributed by atoms with van der Waals surface area (Å²) >= 11 is 1.46. The first-order valence-electron chi connectivity index (χ1n) is 23.5. The Kier molecular flexibility index (Phi) is 14.7. The number of allylic oxidation sites excluding steroid dienone is 1. The van der Waals surface area contributed by atoms with Gasteiger partial charge in [0.15, 0.2) is 0 Å². The maximum Gasteiger partial charge on any atom is 0.501 e. The maximum absolute atomic E-state index is 14.2. The first-order valence-corrected chi connectivity index (χ1v) is 27.5. The van der Waals surface area contributed by atoms with Gasteiger partial charge in [-0.25, -0.2) is 30.3 Å². The topological polar surface area (TPSA) is 131 Å². The molecule has 3 N–H and O–H groups in total. The summed E-state index contributed by atoms with van der Waals surface area (Å²) in [6.07, 6.45) is 4.91. The third-order valence-corrected chi connectivity index (χ3v) is 19.1. The molecule has 372 valence electrons. The number of thioether (sulfide) groups is 1. The number of nitrogens with one attached hydrogen (secondary N) is 3. The number of sulfone groups is 1. The zero-order valence-corrected chi connectivity index (χ0v) is 41.3. The highest BCUT2D eigenvalue weighted by molar-refractivity contribution is 7.99. The Morgan fingerprint density at radius 1 is 0.868 bits per heavy atom. The van der Waals surface area contributed by atoms with E-state index in [0.717, 1.165) is 87.5 Å². The Balaban J connectivity index is 0.916. The summed E-state index contributed by atoms with van der Waals surface area (Å²) in [5, 5.41) is 6.31. The van der Waals surface area contributed by atoms with Crippen LogP contribution in [-0.4, -0.2) is 122 Å². The monoisotopic (exact) mass is 1010 g/mol. The summed E-state index contributed by atoms with van der Waals surface area (Å²) in [5.41, 5.74) is -3.17. The normalized spacial score (nSPS) is 24.3. The van der Waals surface area contributed by atoms with Gasteiger partial charge < -0.3 is 20.4 Å². The van der Waals surface area contributed by atoms with E-state index in [9.17, 15) is 43.6 Å². The number of piperidine rings is 1. The number of nitrogens with zero attached hydrogens (tertiary/aromatic N) is 3. The van der Waals surface area contributed by atoms with Crippen molar-refractivity contribution in [2.75, 3.05) is 75.4 Å². The fraction of sp³-hybridized carbons (Fsp3) is 0.571. The second-order valence-electron chi connectivity index (χ2n) is 20.4. The molecule has 3 aromatic rings. The lowest BCUT2D eigenvalue weighted by atomic mass is 9.32. The SMILES string of the molecule is CNC1CCN(CCC(CSc2ccccc2)Nc2ccc(S(=O)(=O)NC(=O)c3ccc(N4CCN(CC5=C(C67CC(C(F)F)(C6)C7)CC(C)(C)CC5)CC4)cc3)cc2S(=O)(=O)C(F)(F)F)CC1. The molecule has 19 heteroatoms. The highest BCUT2D eigenvalue weighted by atomic mass is 32.2. The summed E-state index contributed by atoms with van der Waals surface area (Å²) in [7, 11) is -9.00. The minimum atomic E-state index is -6.07. The van der Waals surface area contributed by atoms with E-state index in [4.69, 9.17) is 0 Å². The van der Waals surface area contributed by atoms with E-state index < -0.39 is 64.6 Å². The third-order valence-electron chi connectivity index (χ3n) is 15.1. The van der Waals surface area contributed by atoms with E-state index in [-0.39, 0.29) is 16.4 Å². The van der Waals surface area contributed by atoms with Crippen LogP contribution >= 0.6 is 11.8 Å². The minimum absolute atomic E-state index is 0.0201. The Hall–Kier alpha value is -3.75. The number of hydrogen-bond acceptors (Lipinski definition) is 11. The number of rotatable bonds is 18. The second-order valence-corrected chi connectivity index (χ2v) is 25.1. The molecule has 0 radical (unpaired) electrons. The average Bonchev–Trinajstić information content (AvgIpc) is 3.27. The summed E-state index contributed by atoms with van der Waals surface area (Å²) in [4.78, 5) is 19.1. The number of anilines is 2. The van der Waals surface area contributed by atoms with Gasteiger partial charge in [-0.2, -0.15) is 13.2 Å². The molecular weight excluding hydrogens is 944 g/mol. The van der Waals surface area contributed by atoms with Crippen LogP contribution in [0, 0.1) is 16.2 Å². The molecule has 2 bridgehead atoms. The van der Waals surface area contributed by atoms with E-state index in [2.05, 4.69) is 39.2 Å². The number of halogens is 5. The van der Waals surface area contributed by atoms with E-state index in [1.807, 2.05) is 42.1 Å². The van der Waals surface area contributed by atoms with Gasteiger partial charge in [0, 0.05) is 78.7 Å². The number of piperazine rings is 1. The number of alkyl halides is 5. The zero-order chi connectivity index (χ0) is 48.7. The number of carbonyl (C=O) groups is 1. The summed E-state index contributed by atoms with van der Waals surface area (Å²) in [5.74, 6) is -0.662. The van der Waals surface area contributed by atoms with Gasteiger partial charge >= 0.3 is 5.51 Å². The molecule has 9 rings (SSSR count). The van der Waals surface area contributed by atoms with Crippen LogP contribution in [0.4, 0.5) is 33.3 Å². The molecule has 0 aromatic heterocycles. The van der Waals surface area contributed by atoms with Crippen molar-refractivity contribution in [3.63, 3.8) is 0 Å². The molecule has 1 atom stereocenters. The third kappa shape index (κ3) is 10.9. The van der Waals surface area contributed by atoms with Crippen LogP contribution in [0.15, 0.2) is 98.6 Å². The van der Waals surface area contributed by atoms with Crippen LogP contribution in [0.5, 0.6) is 0 Å². The van der Waals surface area contributed by atoms with Crippen molar-refractivity contribution in [2.45, 2.75) is 110 Å². The van der Waals surface area contributed by atoms with Crippen LogP contribution in [0.25, 0.3) is 0 Å². The number of carbonyl (C=O) groups excluding carboxylic acids is 1. The number of hydrogen-bond donors (Lipinski definition) is 3. The fourth-order valence-corrected chi connectivity index (χ4v) is 14.1. The van der Waals surface area contributed by atoms with E-state index in [1.54, 1.807) is 12.1 Å².